The van der Waals surface area contributed by atoms with E-state index in [1.54, 1.807) is 18.2 Å². The Hall–Kier alpha value is -1.46. The summed E-state index contributed by atoms with van der Waals surface area (Å²) in [6.45, 7) is 2.92. The van der Waals surface area contributed by atoms with Crippen molar-refractivity contribution in [1.29, 1.82) is 0 Å². The molecule has 0 unspecified atom stereocenters. The number of halogens is 1. The van der Waals surface area contributed by atoms with Crippen LogP contribution in [0.3, 0.4) is 0 Å². The Kier molecular flexibility index (Phi) is 4.74. The molecule has 1 aromatic rings. The van der Waals surface area contributed by atoms with E-state index < -0.39 is 0 Å². The van der Waals surface area contributed by atoms with Crippen molar-refractivity contribution in [3.63, 3.8) is 0 Å². The van der Waals surface area contributed by atoms with Gasteiger partial charge in [0.1, 0.15) is 5.82 Å². The highest BCUT2D eigenvalue weighted by atomic mass is 19.1. The second-order valence-corrected chi connectivity index (χ2v) is 6.25. The first-order valence-electron chi connectivity index (χ1n) is 8.08. The first-order valence-corrected chi connectivity index (χ1v) is 8.08. The molecule has 2 atom stereocenters. The average Bonchev–Trinajstić information content (AvgIpc) is 2.96. The molecule has 120 valence electrons. The van der Waals surface area contributed by atoms with Gasteiger partial charge in [-0.3, -0.25) is 9.69 Å². The summed E-state index contributed by atoms with van der Waals surface area (Å²) in [6, 6.07) is 6.70. The standard InChI is InChI=1S/C17H23FN2O2/c18-14-5-2-1-4-13(14)12-17(22)20-10-8-19(9-11-20)15-6-3-7-16(15)21/h1-2,4-5,15-16,21H,3,6-12H2/t15-,16+/m1/s1. The number of rotatable bonds is 3. The van der Waals surface area contributed by atoms with Gasteiger partial charge in [0.25, 0.3) is 0 Å². The highest BCUT2D eigenvalue weighted by Crippen LogP contribution is 2.25. The Labute approximate surface area is 130 Å². The van der Waals surface area contributed by atoms with Gasteiger partial charge in [-0.25, -0.2) is 4.39 Å². The molecule has 0 radical (unpaired) electrons. The number of aliphatic hydroxyl groups excluding tert-OH is 1. The van der Waals surface area contributed by atoms with Crippen LogP contribution in [0.15, 0.2) is 24.3 Å². The lowest BCUT2D eigenvalue weighted by Crippen LogP contribution is -2.53. The van der Waals surface area contributed by atoms with Crippen LogP contribution in [-0.4, -0.2) is 59.1 Å². The summed E-state index contributed by atoms with van der Waals surface area (Å²) in [4.78, 5) is 16.4. The van der Waals surface area contributed by atoms with E-state index >= 15 is 0 Å². The number of benzene rings is 1. The third-order valence-electron chi connectivity index (χ3n) is 4.88. The summed E-state index contributed by atoms with van der Waals surface area (Å²) in [5.41, 5.74) is 0.459. The molecule has 1 heterocycles. The Morgan fingerprint density at radius 2 is 1.91 bits per heavy atom. The Bertz CT molecular complexity index is 529. The molecule has 2 aliphatic rings. The smallest absolute Gasteiger partial charge is 0.227 e. The first kappa shape index (κ1) is 15.4. The van der Waals surface area contributed by atoms with E-state index in [-0.39, 0.29) is 30.3 Å². The summed E-state index contributed by atoms with van der Waals surface area (Å²) in [6.07, 6.45) is 2.92. The monoisotopic (exact) mass is 306 g/mol. The Morgan fingerprint density at radius 1 is 1.18 bits per heavy atom. The van der Waals surface area contributed by atoms with Crippen molar-refractivity contribution in [1.82, 2.24) is 9.80 Å². The largest absolute Gasteiger partial charge is 0.391 e. The molecule has 2 fully saturated rings. The van der Waals surface area contributed by atoms with E-state index in [4.69, 9.17) is 0 Å². The second-order valence-electron chi connectivity index (χ2n) is 6.25. The molecule has 1 saturated carbocycles. The molecule has 4 nitrogen and oxygen atoms in total. The third-order valence-corrected chi connectivity index (χ3v) is 4.88. The zero-order chi connectivity index (χ0) is 15.5. The topological polar surface area (TPSA) is 43.8 Å². The van der Waals surface area contributed by atoms with Gasteiger partial charge in [-0.2, -0.15) is 0 Å². The average molecular weight is 306 g/mol. The number of aliphatic hydroxyl groups is 1. The lowest BCUT2D eigenvalue weighted by atomic mass is 10.1. The van der Waals surface area contributed by atoms with Crippen LogP contribution >= 0.6 is 0 Å². The zero-order valence-corrected chi connectivity index (χ0v) is 12.7. The van der Waals surface area contributed by atoms with Gasteiger partial charge in [-0.15, -0.1) is 0 Å². The van der Waals surface area contributed by atoms with Gasteiger partial charge in [0, 0.05) is 32.2 Å². The molecule has 1 aliphatic heterocycles. The quantitative estimate of drug-likeness (QED) is 0.919. The van der Waals surface area contributed by atoms with Crippen LogP contribution < -0.4 is 0 Å². The SMILES string of the molecule is O=C(Cc1ccccc1F)N1CCN([C@@H]2CCC[C@@H]2O)CC1. The van der Waals surface area contributed by atoms with Crippen LogP contribution in [0.5, 0.6) is 0 Å². The van der Waals surface area contributed by atoms with Crippen molar-refractivity contribution in [2.75, 3.05) is 26.2 Å². The van der Waals surface area contributed by atoms with E-state index in [0.29, 0.717) is 18.7 Å². The van der Waals surface area contributed by atoms with Crippen LogP contribution in [0, 0.1) is 5.82 Å². The molecule has 3 rings (SSSR count). The zero-order valence-electron chi connectivity index (χ0n) is 12.7. The number of piperazine rings is 1. The molecule has 1 aromatic carbocycles. The van der Waals surface area contributed by atoms with E-state index in [1.807, 2.05) is 4.90 Å². The number of carbonyl (C=O) groups is 1. The number of carbonyl (C=O) groups excluding carboxylic acids is 1. The second kappa shape index (κ2) is 6.75. The summed E-state index contributed by atoms with van der Waals surface area (Å²) < 4.78 is 13.6. The van der Waals surface area contributed by atoms with Crippen molar-refractivity contribution in [3.8, 4) is 0 Å². The molecule has 1 N–H and O–H groups in total. The Balaban J connectivity index is 1.53. The minimum atomic E-state index is -0.316. The highest BCUT2D eigenvalue weighted by molar-refractivity contribution is 5.79. The molecule has 0 bridgehead atoms. The molecule has 1 saturated heterocycles. The molecule has 22 heavy (non-hydrogen) atoms. The minimum absolute atomic E-state index is 0.0169. The third kappa shape index (κ3) is 3.31. The predicted molar refractivity (Wildman–Crippen MR) is 81.9 cm³/mol. The van der Waals surface area contributed by atoms with Gasteiger partial charge in [0.2, 0.25) is 5.91 Å². The highest BCUT2D eigenvalue weighted by Gasteiger charge is 2.33. The number of nitrogens with zero attached hydrogens (tertiary/aromatic N) is 2. The van der Waals surface area contributed by atoms with Gasteiger partial charge >= 0.3 is 0 Å². The lowest BCUT2D eigenvalue weighted by Gasteiger charge is -2.39. The molecule has 1 aliphatic carbocycles. The van der Waals surface area contributed by atoms with Gasteiger partial charge in [0.15, 0.2) is 0 Å². The summed E-state index contributed by atoms with van der Waals surface area (Å²) >= 11 is 0. The van der Waals surface area contributed by atoms with Crippen molar-refractivity contribution in [2.45, 2.75) is 37.8 Å². The fourth-order valence-corrected chi connectivity index (χ4v) is 3.57. The fourth-order valence-electron chi connectivity index (χ4n) is 3.57. The first-order chi connectivity index (χ1) is 10.6. The van der Waals surface area contributed by atoms with E-state index in [1.165, 1.54) is 6.07 Å². The maximum atomic E-state index is 13.6. The van der Waals surface area contributed by atoms with E-state index in [2.05, 4.69) is 4.90 Å². The molecule has 0 spiro atoms. The summed E-state index contributed by atoms with van der Waals surface area (Å²) in [5.74, 6) is -0.333. The fraction of sp³-hybridized carbons (Fsp3) is 0.588. The summed E-state index contributed by atoms with van der Waals surface area (Å²) in [7, 11) is 0. The summed E-state index contributed by atoms with van der Waals surface area (Å²) in [5, 5.41) is 9.98. The van der Waals surface area contributed by atoms with Crippen molar-refractivity contribution < 1.29 is 14.3 Å². The maximum Gasteiger partial charge on any atom is 0.227 e. The van der Waals surface area contributed by atoms with Gasteiger partial charge < -0.3 is 10.0 Å². The van der Waals surface area contributed by atoms with Crippen LogP contribution in [0.4, 0.5) is 4.39 Å². The van der Waals surface area contributed by atoms with Crippen molar-refractivity contribution >= 4 is 5.91 Å². The lowest BCUT2D eigenvalue weighted by molar-refractivity contribution is -0.132. The normalized spacial score (nSPS) is 26.4. The number of hydrogen-bond donors (Lipinski definition) is 1. The molecule has 5 heteroatoms. The molecule has 1 amide bonds. The molecular weight excluding hydrogens is 283 g/mol. The van der Waals surface area contributed by atoms with Crippen LogP contribution in [0.2, 0.25) is 0 Å². The van der Waals surface area contributed by atoms with Gasteiger partial charge in [-0.1, -0.05) is 18.2 Å². The van der Waals surface area contributed by atoms with Crippen molar-refractivity contribution in [2.24, 2.45) is 0 Å². The van der Waals surface area contributed by atoms with Crippen LogP contribution in [0.25, 0.3) is 0 Å². The minimum Gasteiger partial charge on any atom is -0.391 e. The van der Waals surface area contributed by atoms with E-state index in [9.17, 15) is 14.3 Å². The van der Waals surface area contributed by atoms with Crippen LogP contribution in [0.1, 0.15) is 24.8 Å². The predicted octanol–water partition coefficient (Wildman–Crippen LogP) is 1.43. The van der Waals surface area contributed by atoms with Crippen molar-refractivity contribution in [3.05, 3.63) is 35.6 Å². The molecule has 0 aromatic heterocycles. The molecular formula is C17H23FN2O2. The van der Waals surface area contributed by atoms with Crippen LogP contribution in [-0.2, 0) is 11.2 Å². The number of amides is 1. The number of hydrogen-bond acceptors (Lipinski definition) is 3. The van der Waals surface area contributed by atoms with E-state index in [0.717, 1.165) is 32.4 Å². The van der Waals surface area contributed by atoms with Gasteiger partial charge in [-0.05, 0) is 30.9 Å². The Morgan fingerprint density at radius 3 is 2.55 bits per heavy atom. The van der Waals surface area contributed by atoms with Gasteiger partial charge in [0.05, 0.1) is 12.5 Å². The maximum absolute atomic E-state index is 13.6.